The van der Waals surface area contributed by atoms with Crippen molar-refractivity contribution in [1.82, 2.24) is 19.0 Å². The van der Waals surface area contributed by atoms with Crippen molar-refractivity contribution in [2.45, 2.75) is 20.4 Å². The van der Waals surface area contributed by atoms with Gasteiger partial charge in [-0.25, -0.2) is 23.1 Å². The van der Waals surface area contributed by atoms with E-state index in [0.29, 0.717) is 6.54 Å². The zero-order valence-electron chi connectivity index (χ0n) is 23.1. The molecule has 0 spiro atoms. The fourth-order valence-electron chi connectivity index (χ4n) is 4.18. The molecule has 0 unspecified atom stereocenters. The molecule has 2 heterocycles. The number of carbonyl (C=O) groups is 2. The van der Waals surface area contributed by atoms with Gasteiger partial charge in [-0.1, -0.05) is 25.4 Å². The lowest BCUT2D eigenvalue weighted by Crippen LogP contribution is -2.43. The quantitative estimate of drug-likeness (QED) is 0.262. The number of ether oxygens (including phenoxy) is 1. The maximum absolute atomic E-state index is 15.0. The van der Waals surface area contributed by atoms with E-state index in [0.717, 1.165) is 42.1 Å². The predicted octanol–water partition coefficient (Wildman–Crippen LogP) is 3.81. The smallest absolute Gasteiger partial charge is 0.335 e. The van der Waals surface area contributed by atoms with E-state index in [4.69, 9.17) is 22.1 Å². The molecule has 2 amide bonds. The summed E-state index contributed by atoms with van der Waals surface area (Å²) >= 11 is 6.09. The molecule has 0 aliphatic carbocycles. The van der Waals surface area contributed by atoms with Crippen LogP contribution in [0.1, 0.15) is 34.7 Å². The minimum absolute atomic E-state index is 0.0258. The first-order valence-electron chi connectivity index (χ1n) is 13.1. The van der Waals surface area contributed by atoms with Gasteiger partial charge in [-0.2, -0.15) is 0 Å². The number of halogens is 3. The van der Waals surface area contributed by atoms with Gasteiger partial charge in [-0.05, 0) is 49.5 Å². The predicted molar refractivity (Wildman–Crippen MR) is 156 cm³/mol. The van der Waals surface area contributed by atoms with Gasteiger partial charge in [0.15, 0.2) is 11.6 Å². The molecule has 4 aromatic rings. The second kappa shape index (κ2) is 13.4. The first-order valence-corrected chi connectivity index (χ1v) is 13.5. The summed E-state index contributed by atoms with van der Waals surface area (Å²) in [6.07, 6.45) is 2.37. The molecule has 0 saturated heterocycles. The van der Waals surface area contributed by atoms with Gasteiger partial charge in [-0.3, -0.25) is 19.0 Å². The Balaban J connectivity index is 1.66. The average molecular weight is 613 g/mol. The van der Waals surface area contributed by atoms with E-state index >= 15 is 0 Å². The van der Waals surface area contributed by atoms with Crippen LogP contribution in [0.3, 0.4) is 0 Å². The summed E-state index contributed by atoms with van der Waals surface area (Å²) in [6.45, 7) is 6.00. The van der Waals surface area contributed by atoms with Crippen molar-refractivity contribution in [3.8, 4) is 17.2 Å². The number of nitrogens with zero attached hydrogens (tertiary/aromatic N) is 4. The van der Waals surface area contributed by atoms with Crippen molar-refractivity contribution in [3.05, 3.63) is 110 Å². The summed E-state index contributed by atoms with van der Waals surface area (Å²) < 4.78 is 36.0. The normalized spacial score (nSPS) is 11.0. The number of benzene rings is 2. The molecular weight excluding hydrogens is 586 g/mol. The maximum atomic E-state index is 15.0. The largest absolute Gasteiger partial charge is 0.453 e. The molecule has 4 rings (SSSR count). The number of pyridine rings is 1. The van der Waals surface area contributed by atoms with E-state index in [-0.39, 0.29) is 40.1 Å². The summed E-state index contributed by atoms with van der Waals surface area (Å²) in [4.78, 5) is 57.3. The molecule has 0 bridgehead atoms. The van der Waals surface area contributed by atoms with Crippen LogP contribution >= 0.6 is 11.6 Å². The van der Waals surface area contributed by atoms with Crippen LogP contribution in [0.15, 0.2) is 70.5 Å². The number of amides is 2. The fourth-order valence-corrected chi connectivity index (χ4v) is 4.42. The van der Waals surface area contributed by atoms with Crippen molar-refractivity contribution in [3.63, 3.8) is 0 Å². The van der Waals surface area contributed by atoms with Crippen LogP contribution in [-0.2, 0) is 6.54 Å². The Morgan fingerprint density at radius 1 is 1.05 bits per heavy atom. The van der Waals surface area contributed by atoms with Gasteiger partial charge in [0.25, 0.3) is 17.4 Å². The summed E-state index contributed by atoms with van der Waals surface area (Å²) in [5.41, 5.74) is 2.97. The Labute approximate surface area is 249 Å². The average Bonchev–Trinajstić information content (AvgIpc) is 2.97. The molecule has 0 radical (unpaired) electrons. The van der Waals surface area contributed by atoms with E-state index in [1.54, 1.807) is 0 Å². The lowest BCUT2D eigenvalue weighted by molar-refractivity contribution is 0.0993. The summed E-state index contributed by atoms with van der Waals surface area (Å²) in [6, 6.07) is 9.47. The van der Waals surface area contributed by atoms with Gasteiger partial charge in [-0.15, -0.1) is 0 Å². The topological polar surface area (TPSA) is 142 Å². The third kappa shape index (κ3) is 6.96. The molecule has 14 heteroatoms. The van der Waals surface area contributed by atoms with Crippen LogP contribution < -0.4 is 27.0 Å². The number of nitrogens with one attached hydrogen (secondary N) is 1. The van der Waals surface area contributed by atoms with Crippen LogP contribution in [-0.4, -0.2) is 50.5 Å². The summed E-state index contributed by atoms with van der Waals surface area (Å²) in [5, 5.41) is 2.25. The number of hydrogen-bond donors (Lipinski definition) is 2. The van der Waals surface area contributed by atoms with Gasteiger partial charge >= 0.3 is 5.69 Å². The molecule has 0 fully saturated rings. The number of rotatable bonds is 11. The van der Waals surface area contributed by atoms with Gasteiger partial charge < -0.3 is 20.7 Å². The molecule has 3 N–H and O–H groups in total. The highest BCUT2D eigenvalue weighted by Crippen LogP contribution is 2.33. The molecule has 43 heavy (non-hydrogen) atoms. The van der Waals surface area contributed by atoms with Crippen molar-refractivity contribution in [1.29, 1.82) is 0 Å². The Hall–Kier alpha value is -4.88. The zero-order valence-corrected chi connectivity index (χ0v) is 23.9. The highest BCUT2D eigenvalue weighted by Gasteiger charge is 2.21. The van der Waals surface area contributed by atoms with Gasteiger partial charge in [0.2, 0.25) is 0 Å². The van der Waals surface area contributed by atoms with Crippen LogP contribution in [0.4, 0.5) is 14.5 Å². The number of carbonyl (C=O) groups excluding carboxylic acids is 2. The van der Waals surface area contributed by atoms with Crippen molar-refractivity contribution >= 4 is 29.1 Å². The van der Waals surface area contributed by atoms with Crippen LogP contribution in [0.2, 0.25) is 5.02 Å². The van der Waals surface area contributed by atoms with Crippen molar-refractivity contribution in [2.75, 3.05) is 25.0 Å². The molecule has 0 saturated carbocycles. The number of hydrogen-bond acceptors (Lipinski definition) is 7. The van der Waals surface area contributed by atoms with Crippen LogP contribution in [0.25, 0.3) is 5.69 Å². The lowest BCUT2D eigenvalue weighted by atomic mass is 10.2. The lowest BCUT2D eigenvalue weighted by Gasteiger charge is -2.19. The minimum Gasteiger partial charge on any atom is -0.453 e. The molecule has 0 aliphatic rings. The van der Waals surface area contributed by atoms with E-state index in [1.165, 1.54) is 41.1 Å². The number of likely N-dealkylation sites (N-methyl/N-ethyl adjacent to an activating group) is 1. The van der Waals surface area contributed by atoms with Gasteiger partial charge in [0, 0.05) is 43.3 Å². The molecule has 11 nitrogen and oxygen atoms in total. The highest BCUT2D eigenvalue weighted by atomic mass is 35.5. The molecular formula is C29H27ClF2N6O5. The van der Waals surface area contributed by atoms with E-state index in [1.807, 2.05) is 13.8 Å². The number of primary amides is 1. The number of anilines is 1. The molecule has 2 aromatic heterocycles. The monoisotopic (exact) mass is 612 g/mol. The van der Waals surface area contributed by atoms with Crippen LogP contribution in [0, 0.1) is 11.6 Å². The molecule has 0 aliphatic heterocycles. The summed E-state index contributed by atoms with van der Waals surface area (Å²) in [5.74, 6) is -3.64. The SMILES string of the molecule is CCN(CC)CCn1cc(C(=O)Nc2ccc(Oc3ccnc(C(N)=O)c3Cl)c(F)c2)c(=O)n(-c2ccc(F)cc2)c1=O. The number of aromatic nitrogens is 3. The Kier molecular flexibility index (Phi) is 9.68. The zero-order chi connectivity index (χ0) is 31.3. The third-order valence-electron chi connectivity index (χ3n) is 6.53. The van der Waals surface area contributed by atoms with Crippen molar-refractivity contribution < 1.29 is 23.1 Å². The third-order valence-corrected chi connectivity index (χ3v) is 6.90. The first-order chi connectivity index (χ1) is 20.5. The van der Waals surface area contributed by atoms with Gasteiger partial charge in [0.1, 0.15) is 27.8 Å². The second-order valence-electron chi connectivity index (χ2n) is 9.20. The Morgan fingerprint density at radius 3 is 2.37 bits per heavy atom. The fraction of sp³-hybridized carbons (Fsp3) is 0.207. The minimum atomic E-state index is -0.939. The van der Waals surface area contributed by atoms with E-state index < -0.39 is 40.3 Å². The molecule has 0 atom stereocenters. The first kappa shape index (κ1) is 31.1. The Bertz CT molecular complexity index is 1790. The molecule has 2 aromatic carbocycles. The van der Waals surface area contributed by atoms with Gasteiger partial charge in [0.05, 0.1) is 5.69 Å². The maximum Gasteiger partial charge on any atom is 0.335 e. The van der Waals surface area contributed by atoms with E-state index in [2.05, 4.69) is 15.2 Å². The number of nitrogens with two attached hydrogens (primary N) is 1. The van der Waals surface area contributed by atoms with E-state index in [9.17, 15) is 28.0 Å². The standard InChI is InChI=1S/C29H27ClF2N6O5/c1-3-36(4-2)13-14-37-16-20(28(41)38(29(37)42)19-8-5-17(31)6-9-19)27(40)35-18-7-10-22(21(32)15-18)43-23-11-12-34-25(24(23)30)26(33)39/h5-12,15-16H,3-4,13-14H2,1-2H3,(H2,33,39)(H,35,40). The highest BCUT2D eigenvalue weighted by molar-refractivity contribution is 6.34. The van der Waals surface area contributed by atoms with Crippen molar-refractivity contribution in [2.24, 2.45) is 5.73 Å². The Morgan fingerprint density at radius 2 is 1.74 bits per heavy atom. The van der Waals surface area contributed by atoms with Crippen LogP contribution in [0.5, 0.6) is 11.5 Å². The second-order valence-corrected chi connectivity index (χ2v) is 9.58. The summed E-state index contributed by atoms with van der Waals surface area (Å²) in [7, 11) is 0. The molecule has 224 valence electrons.